The van der Waals surface area contributed by atoms with Crippen LogP contribution < -0.4 is 10.4 Å². The molecule has 0 radical (unpaired) electrons. The summed E-state index contributed by atoms with van der Waals surface area (Å²) in [5.74, 6) is 0.0102. The van der Waals surface area contributed by atoms with Crippen LogP contribution in [0, 0.1) is 11.8 Å². The molecule has 0 saturated heterocycles. The van der Waals surface area contributed by atoms with Crippen LogP contribution in [0.5, 0.6) is 0 Å². The second-order valence-electron chi connectivity index (χ2n) is 9.40. The Morgan fingerprint density at radius 3 is 1.93 bits per heavy atom. The van der Waals surface area contributed by atoms with Gasteiger partial charge in [0.15, 0.2) is 0 Å². The first kappa shape index (κ1) is 22.7. The topological polar surface area (TPSA) is 55.8 Å². The summed E-state index contributed by atoms with van der Waals surface area (Å²) in [6.45, 7) is 7.31. The molecule has 1 aliphatic carbocycles. The van der Waals surface area contributed by atoms with Crippen molar-refractivity contribution in [2.24, 2.45) is 11.8 Å². The number of ether oxygens (including phenoxy) is 1. The molecule has 0 heterocycles. The van der Waals surface area contributed by atoms with E-state index in [1.54, 1.807) is 0 Å². The standard InChI is InChI=1S/C25H34O4Si/c1-25(2,3)30(22-11-7-5-8-12-22,23-13-9-6-10-14-23)29-18-20-16-21(26)15-19(20)17-24(27)28-4/h5-14,19-21,26H,15-18H2,1-4H3/t19-,20-,21+/m1/s1. The Morgan fingerprint density at radius 2 is 1.47 bits per heavy atom. The molecule has 3 rings (SSSR count). The van der Waals surface area contributed by atoms with Crippen LogP contribution in [-0.2, 0) is 14.0 Å². The van der Waals surface area contributed by atoms with E-state index < -0.39 is 8.32 Å². The Hall–Kier alpha value is -1.95. The number of hydrogen-bond donors (Lipinski definition) is 1. The first-order chi connectivity index (χ1) is 14.3. The van der Waals surface area contributed by atoms with Crippen molar-refractivity contribution in [1.82, 2.24) is 0 Å². The molecule has 0 aromatic heterocycles. The molecular weight excluding hydrogens is 392 g/mol. The van der Waals surface area contributed by atoms with E-state index in [0.717, 1.165) is 0 Å². The Bertz CT molecular complexity index is 777. The number of methoxy groups -OCH3 is 1. The van der Waals surface area contributed by atoms with Gasteiger partial charge in [-0.1, -0.05) is 81.4 Å². The lowest BCUT2D eigenvalue weighted by molar-refractivity contribution is -0.142. The van der Waals surface area contributed by atoms with E-state index in [1.165, 1.54) is 17.5 Å². The average Bonchev–Trinajstić information content (AvgIpc) is 3.08. The normalized spacial score (nSPS) is 22.1. The summed E-state index contributed by atoms with van der Waals surface area (Å²) in [4.78, 5) is 11.9. The summed E-state index contributed by atoms with van der Waals surface area (Å²) < 4.78 is 11.9. The highest BCUT2D eigenvalue weighted by Crippen LogP contribution is 2.40. The van der Waals surface area contributed by atoms with Crippen LogP contribution >= 0.6 is 0 Å². The Kier molecular flexibility index (Phi) is 7.16. The van der Waals surface area contributed by atoms with E-state index in [-0.39, 0.29) is 28.9 Å². The molecule has 0 aliphatic heterocycles. The number of hydrogen-bond acceptors (Lipinski definition) is 4. The third-order valence-corrected chi connectivity index (χ3v) is 11.4. The molecular formula is C25H34O4Si. The summed E-state index contributed by atoms with van der Waals surface area (Å²) in [5, 5.41) is 12.7. The highest BCUT2D eigenvalue weighted by molar-refractivity contribution is 6.99. The highest BCUT2D eigenvalue weighted by Gasteiger charge is 2.51. The zero-order valence-corrected chi connectivity index (χ0v) is 19.5. The van der Waals surface area contributed by atoms with Gasteiger partial charge in [0.2, 0.25) is 0 Å². The molecule has 0 amide bonds. The molecule has 0 bridgehead atoms. The number of benzene rings is 2. The lowest BCUT2D eigenvalue weighted by atomic mass is 9.94. The third-order valence-electron chi connectivity index (χ3n) is 6.40. The van der Waals surface area contributed by atoms with Crippen LogP contribution in [0.25, 0.3) is 0 Å². The summed E-state index contributed by atoms with van der Waals surface area (Å²) in [6, 6.07) is 21.1. The number of aliphatic hydroxyl groups is 1. The van der Waals surface area contributed by atoms with Crippen LogP contribution in [0.4, 0.5) is 0 Å². The number of esters is 1. The molecule has 2 aromatic rings. The van der Waals surface area contributed by atoms with Crippen LogP contribution in [0.15, 0.2) is 60.7 Å². The Morgan fingerprint density at radius 1 is 0.967 bits per heavy atom. The van der Waals surface area contributed by atoms with Gasteiger partial charge in [0.25, 0.3) is 8.32 Å². The number of carbonyl (C=O) groups is 1. The van der Waals surface area contributed by atoms with E-state index in [9.17, 15) is 9.90 Å². The van der Waals surface area contributed by atoms with Crippen molar-refractivity contribution >= 4 is 24.7 Å². The third kappa shape index (κ3) is 4.69. The van der Waals surface area contributed by atoms with Crippen LogP contribution in [0.3, 0.4) is 0 Å². The highest BCUT2D eigenvalue weighted by atomic mass is 28.4. The zero-order valence-electron chi connectivity index (χ0n) is 18.5. The molecule has 30 heavy (non-hydrogen) atoms. The first-order valence-electron chi connectivity index (χ1n) is 10.8. The van der Waals surface area contributed by atoms with E-state index in [0.29, 0.717) is 25.9 Å². The Balaban J connectivity index is 1.96. The van der Waals surface area contributed by atoms with Gasteiger partial charge in [0, 0.05) is 13.0 Å². The molecule has 1 saturated carbocycles. The van der Waals surface area contributed by atoms with Gasteiger partial charge in [0.05, 0.1) is 13.2 Å². The molecule has 162 valence electrons. The molecule has 1 fully saturated rings. The lowest BCUT2D eigenvalue weighted by Gasteiger charge is -2.43. The predicted molar refractivity (Wildman–Crippen MR) is 122 cm³/mol. The smallest absolute Gasteiger partial charge is 0.305 e. The van der Waals surface area contributed by atoms with E-state index in [1.807, 2.05) is 12.1 Å². The molecule has 4 nitrogen and oxygen atoms in total. The predicted octanol–water partition coefficient (Wildman–Crippen LogP) is 3.51. The zero-order chi connectivity index (χ0) is 21.8. The molecule has 0 unspecified atom stereocenters. The number of carbonyl (C=O) groups excluding carboxylic acids is 1. The average molecular weight is 427 g/mol. The maximum Gasteiger partial charge on any atom is 0.305 e. The second kappa shape index (κ2) is 9.46. The Labute approximate surface area is 181 Å². The maximum absolute atomic E-state index is 11.9. The number of rotatable bonds is 7. The minimum absolute atomic E-state index is 0.0886. The van der Waals surface area contributed by atoms with Crippen molar-refractivity contribution in [3.05, 3.63) is 60.7 Å². The van der Waals surface area contributed by atoms with Crippen molar-refractivity contribution in [3.8, 4) is 0 Å². The molecule has 1 aliphatic rings. The van der Waals surface area contributed by atoms with Crippen molar-refractivity contribution in [2.45, 2.75) is 51.2 Å². The minimum Gasteiger partial charge on any atom is -0.469 e. The molecule has 1 N–H and O–H groups in total. The monoisotopic (exact) mass is 426 g/mol. The van der Waals surface area contributed by atoms with Crippen molar-refractivity contribution in [1.29, 1.82) is 0 Å². The van der Waals surface area contributed by atoms with Crippen molar-refractivity contribution in [3.63, 3.8) is 0 Å². The van der Waals surface area contributed by atoms with Gasteiger partial charge < -0.3 is 14.3 Å². The fourth-order valence-corrected chi connectivity index (χ4v) is 9.54. The first-order valence-corrected chi connectivity index (χ1v) is 12.7. The quantitative estimate of drug-likeness (QED) is 0.544. The molecule has 0 spiro atoms. The SMILES string of the molecule is COC(=O)C[C@H]1C[C@H](O)C[C@@H]1CO[Si](c1ccccc1)(c1ccccc1)C(C)(C)C. The summed E-state index contributed by atoms with van der Waals surface area (Å²) in [6.07, 6.45) is 1.25. The van der Waals surface area contributed by atoms with Crippen LogP contribution in [0.1, 0.15) is 40.0 Å². The molecule has 5 heteroatoms. The lowest BCUT2D eigenvalue weighted by Crippen LogP contribution is -2.67. The van der Waals surface area contributed by atoms with Gasteiger partial charge in [-0.25, -0.2) is 0 Å². The van der Waals surface area contributed by atoms with Gasteiger partial charge >= 0.3 is 5.97 Å². The van der Waals surface area contributed by atoms with Crippen molar-refractivity contribution < 1.29 is 19.1 Å². The largest absolute Gasteiger partial charge is 0.469 e. The number of aliphatic hydroxyl groups excluding tert-OH is 1. The van der Waals surface area contributed by atoms with Crippen LogP contribution in [-0.4, -0.2) is 39.2 Å². The minimum atomic E-state index is -2.61. The summed E-state index contributed by atoms with van der Waals surface area (Å²) >= 11 is 0. The molecule has 3 atom stereocenters. The van der Waals surface area contributed by atoms with Gasteiger partial charge in [-0.3, -0.25) is 4.79 Å². The van der Waals surface area contributed by atoms with Gasteiger partial charge in [-0.05, 0) is 40.1 Å². The van der Waals surface area contributed by atoms with E-state index >= 15 is 0 Å². The van der Waals surface area contributed by atoms with E-state index in [2.05, 4.69) is 69.3 Å². The molecule has 2 aromatic carbocycles. The fraction of sp³-hybridized carbons (Fsp3) is 0.480. The second-order valence-corrected chi connectivity index (χ2v) is 13.7. The van der Waals surface area contributed by atoms with Gasteiger partial charge in [-0.2, -0.15) is 0 Å². The maximum atomic E-state index is 11.9. The summed E-state index contributed by atoms with van der Waals surface area (Å²) in [5.41, 5.74) is 0. The van der Waals surface area contributed by atoms with Crippen molar-refractivity contribution in [2.75, 3.05) is 13.7 Å². The van der Waals surface area contributed by atoms with Crippen LogP contribution in [0.2, 0.25) is 5.04 Å². The fourth-order valence-electron chi connectivity index (χ4n) is 4.93. The van der Waals surface area contributed by atoms with E-state index in [4.69, 9.17) is 9.16 Å². The summed E-state index contributed by atoms with van der Waals surface area (Å²) in [7, 11) is -1.20. The van der Waals surface area contributed by atoms with Gasteiger partial charge in [0.1, 0.15) is 0 Å². The van der Waals surface area contributed by atoms with Gasteiger partial charge in [-0.15, -0.1) is 0 Å².